The van der Waals surface area contributed by atoms with Crippen LogP contribution in [0.3, 0.4) is 0 Å². The second-order valence-electron chi connectivity index (χ2n) is 26.6. The van der Waals surface area contributed by atoms with E-state index in [2.05, 4.69) is 221 Å². The van der Waals surface area contributed by atoms with Crippen LogP contribution in [0, 0.1) is 6.92 Å². The number of rotatable bonds is 3. The Bertz CT molecular complexity index is 3580. The highest BCUT2D eigenvalue weighted by Crippen LogP contribution is 2.55. The molecule has 3 aliphatic carbocycles. The van der Waals surface area contributed by atoms with Gasteiger partial charge in [0.2, 0.25) is 0 Å². The van der Waals surface area contributed by atoms with Gasteiger partial charge >= 0.3 is 0 Å². The Labute approximate surface area is 423 Å². The van der Waals surface area contributed by atoms with E-state index in [9.17, 15) is 0 Å². The van der Waals surface area contributed by atoms with Gasteiger partial charge < -0.3 is 14.2 Å². The highest BCUT2D eigenvalue weighted by atomic mass is 16.3. The van der Waals surface area contributed by atoms with Crippen LogP contribution in [0.1, 0.15) is 161 Å². The van der Waals surface area contributed by atoms with Gasteiger partial charge in [0, 0.05) is 33.8 Å². The highest BCUT2D eigenvalue weighted by molar-refractivity contribution is 7.00. The van der Waals surface area contributed by atoms with E-state index < -0.39 is 0 Å². The van der Waals surface area contributed by atoms with E-state index in [-0.39, 0.29) is 39.2 Å². The minimum atomic E-state index is 0.0211. The van der Waals surface area contributed by atoms with Gasteiger partial charge in [-0.25, -0.2) is 0 Å². The fourth-order valence-corrected chi connectivity index (χ4v) is 14.3. The number of anilines is 6. The van der Waals surface area contributed by atoms with Crippen LogP contribution in [0.4, 0.5) is 34.1 Å². The van der Waals surface area contributed by atoms with E-state index in [4.69, 9.17) is 4.42 Å². The number of aryl methyl sites for hydroxylation is 1. The number of nitrogens with zero attached hydrogens (tertiary/aromatic N) is 2. The molecule has 2 aliphatic heterocycles. The molecule has 0 amide bonds. The number of hydrogen-bond acceptors (Lipinski definition) is 3. The molecule has 8 aromatic rings. The maximum absolute atomic E-state index is 6.85. The van der Waals surface area contributed by atoms with Gasteiger partial charge in [0.25, 0.3) is 6.71 Å². The molecule has 1 aromatic heterocycles. The molecule has 0 radical (unpaired) electrons. The van der Waals surface area contributed by atoms with Crippen molar-refractivity contribution < 1.29 is 4.42 Å². The average molecular weight is 931 g/mol. The smallest absolute Gasteiger partial charge is 0.252 e. The molecule has 5 aliphatic rings. The van der Waals surface area contributed by atoms with Crippen LogP contribution in [-0.4, -0.2) is 6.71 Å². The predicted molar refractivity (Wildman–Crippen MR) is 304 cm³/mol. The fourth-order valence-electron chi connectivity index (χ4n) is 14.3. The molecule has 358 valence electrons. The van der Waals surface area contributed by atoms with Crippen molar-refractivity contribution in [3.8, 4) is 11.1 Å². The van der Waals surface area contributed by atoms with Gasteiger partial charge in [-0.05, 0) is 205 Å². The molecule has 0 saturated carbocycles. The number of benzene rings is 7. The number of fused-ring (bicyclic) bond motifs is 10. The Balaban J connectivity index is 1.16. The number of hydrogen-bond donors (Lipinski definition) is 0. The molecule has 0 N–H and O–H groups in total. The summed E-state index contributed by atoms with van der Waals surface area (Å²) in [5.74, 6) is 0. The van der Waals surface area contributed by atoms with Gasteiger partial charge in [-0.15, -0.1) is 0 Å². The maximum Gasteiger partial charge on any atom is 0.252 e. The molecule has 7 aromatic carbocycles. The summed E-state index contributed by atoms with van der Waals surface area (Å²) in [6, 6.07) is 47.6. The van der Waals surface area contributed by atoms with Crippen molar-refractivity contribution in [3.05, 3.63) is 160 Å². The van der Waals surface area contributed by atoms with Crippen LogP contribution in [0.25, 0.3) is 33.1 Å². The summed E-state index contributed by atoms with van der Waals surface area (Å²) in [7, 11) is 0. The maximum atomic E-state index is 6.85. The van der Waals surface area contributed by atoms with Crippen LogP contribution < -0.4 is 26.2 Å². The molecule has 3 heterocycles. The molecule has 0 bridgehead atoms. The first kappa shape index (κ1) is 44.9. The van der Waals surface area contributed by atoms with Gasteiger partial charge in [-0.2, -0.15) is 0 Å². The Hall–Kier alpha value is -6.00. The monoisotopic (exact) mass is 931 g/mol. The Morgan fingerprint density at radius 2 is 0.901 bits per heavy atom. The minimum absolute atomic E-state index is 0.0211. The summed E-state index contributed by atoms with van der Waals surface area (Å²) in [6.07, 6.45) is 7.04. The molecule has 4 heteroatoms. The molecule has 3 nitrogen and oxygen atoms in total. The van der Waals surface area contributed by atoms with E-state index >= 15 is 0 Å². The third-order valence-electron chi connectivity index (χ3n) is 19.1. The summed E-state index contributed by atoms with van der Waals surface area (Å²) >= 11 is 0. The summed E-state index contributed by atoms with van der Waals surface area (Å²) < 4.78 is 6.85. The molecule has 0 saturated heterocycles. The lowest BCUT2D eigenvalue weighted by atomic mass is 9.32. The summed E-state index contributed by atoms with van der Waals surface area (Å²) in [6.45, 7) is 32.1. The first-order valence-corrected chi connectivity index (χ1v) is 26.8. The van der Waals surface area contributed by atoms with E-state index in [0.717, 1.165) is 40.5 Å². The van der Waals surface area contributed by atoms with Crippen LogP contribution in [0.5, 0.6) is 0 Å². The molecule has 0 fully saturated rings. The van der Waals surface area contributed by atoms with Crippen LogP contribution in [0.15, 0.2) is 126 Å². The van der Waals surface area contributed by atoms with Gasteiger partial charge in [0.05, 0.1) is 11.1 Å². The first-order chi connectivity index (χ1) is 33.5. The van der Waals surface area contributed by atoms with Gasteiger partial charge in [0.1, 0.15) is 11.2 Å². The largest absolute Gasteiger partial charge is 0.456 e. The zero-order valence-corrected chi connectivity index (χ0v) is 44.7. The van der Waals surface area contributed by atoms with Crippen molar-refractivity contribution in [2.45, 2.75) is 161 Å². The second kappa shape index (κ2) is 14.6. The SMILES string of the molecule is Cc1cc2c3c(c1)N(c1cccc4oc5ccc(-c6ccccc6)cc5c14)c1cc4c(cc1B3c1cc3c(cc1N2c1ccc2c(c1)C(C)(C)CCC2(C)C)C(C)(C)CCC3(C)C)C(C)(C)CCC4(C)C. The summed E-state index contributed by atoms with van der Waals surface area (Å²) in [4.78, 5) is 5.39. The molecular weight excluding hydrogens is 860 g/mol. The van der Waals surface area contributed by atoms with E-state index in [0.29, 0.717) is 0 Å². The minimum Gasteiger partial charge on any atom is -0.456 e. The third kappa shape index (κ3) is 6.47. The molecule has 0 spiro atoms. The lowest BCUT2D eigenvalue weighted by Crippen LogP contribution is -2.62. The standard InChI is InChI=1S/C67H71BN2O/c1-40-32-56-61-57(33-40)70(53-20-17-21-59-60(53)44-34-42(22-25-58(44)71-59)41-18-15-14-16-19-41)55-39-50-48(65(8,9)29-31-67(50,12)13)37-52(55)68(61)51-36-47-49(66(10,11)30-28-64(47,6)7)38-54(51)69(56)43-23-24-45-46(35-43)63(4,5)27-26-62(45,2)3/h14-25,32-39H,26-31H2,1-13H3. The number of furan rings is 1. The van der Waals surface area contributed by atoms with Crippen molar-refractivity contribution in [2.75, 3.05) is 9.80 Å². The van der Waals surface area contributed by atoms with Crippen LogP contribution >= 0.6 is 0 Å². The van der Waals surface area contributed by atoms with Crippen molar-refractivity contribution >= 4 is 79.2 Å². The second-order valence-corrected chi connectivity index (χ2v) is 26.6. The molecule has 0 atom stereocenters. The van der Waals surface area contributed by atoms with Crippen LogP contribution in [0.2, 0.25) is 0 Å². The average Bonchev–Trinajstić information content (AvgIpc) is 3.71. The van der Waals surface area contributed by atoms with Crippen molar-refractivity contribution in [1.29, 1.82) is 0 Å². The molecule has 13 rings (SSSR count). The topological polar surface area (TPSA) is 19.6 Å². The predicted octanol–water partition coefficient (Wildman–Crippen LogP) is 16.7. The van der Waals surface area contributed by atoms with Crippen molar-refractivity contribution in [2.24, 2.45) is 0 Å². The van der Waals surface area contributed by atoms with Crippen molar-refractivity contribution in [1.82, 2.24) is 0 Å². The van der Waals surface area contributed by atoms with Crippen LogP contribution in [-0.2, 0) is 32.5 Å². The van der Waals surface area contributed by atoms with E-state index in [1.165, 1.54) is 121 Å². The fraction of sp³-hybridized carbons (Fsp3) is 0.373. The van der Waals surface area contributed by atoms with Gasteiger partial charge in [-0.1, -0.05) is 144 Å². The molecule has 0 unspecified atom stereocenters. The van der Waals surface area contributed by atoms with Crippen molar-refractivity contribution in [3.63, 3.8) is 0 Å². The zero-order valence-electron chi connectivity index (χ0n) is 44.7. The Kier molecular flexibility index (Phi) is 9.22. The Morgan fingerprint density at radius 3 is 1.48 bits per heavy atom. The molecular formula is C67H71BN2O. The lowest BCUT2D eigenvalue weighted by molar-refractivity contribution is 0.332. The Morgan fingerprint density at radius 1 is 0.394 bits per heavy atom. The first-order valence-electron chi connectivity index (χ1n) is 26.8. The third-order valence-corrected chi connectivity index (χ3v) is 19.1. The lowest BCUT2D eigenvalue weighted by Gasteiger charge is -2.49. The normalized spacial score (nSPS) is 20.2. The van der Waals surface area contributed by atoms with E-state index in [1.54, 1.807) is 0 Å². The summed E-state index contributed by atoms with van der Waals surface area (Å²) in [5.41, 5.74) is 26.7. The van der Waals surface area contributed by atoms with Gasteiger partial charge in [0.15, 0.2) is 0 Å². The zero-order chi connectivity index (χ0) is 49.5. The van der Waals surface area contributed by atoms with E-state index in [1.807, 2.05) is 0 Å². The summed E-state index contributed by atoms with van der Waals surface area (Å²) in [5, 5.41) is 2.30. The van der Waals surface area contributed by atoms with Gasteiger partial charge in [-0.3, -0.25) is 0 Å². The highest BCUT2D eigenvalue weighted by Gasteiger charge is 2.49. The quantitative estimate of drug-likeness (QED) is 0.165. The molecule has 71 heavy (non-hydrogen) atoms.